The number of fused-ring (bicyclic) bond motifs is 7. The van der Waals surface area contributed by atoms with Crippen LogP contribution in [0.1, 0.15) is 92.9 Å². The number of aliphatic hydroxyl groups excluding tert-OH is 7. The van der Waals surface area contributed by atoms with Crippen molar-refractivity contribution in [3.05, 3.63) is 11.6 Å². The number of hydrogen-bond acceptors (Lipinski definition) is 11. The molecule has 47 heavy (non-hydrogen) atoms. The number of carbonyl (C=O) groups is 1. The highest BCUT2D eigenvalue weighted by molar-refractivity contribution is 5.79. The van der Waals surface area contributed by atoms with Crippen LogP contribution in [0, 0.1) is 50.7 Å². The second kappa shape index (κ2) is 11.4. The third-order valence-electron chi connectivity index (χ3n) is 15.6. The van der Waals surface area contributed by atoms with Crippen LogP contribution in [0.3, 0.4) is 0 Å². The molecule has 8 N–H and O–H groups in total. The summed E-state index contributed by atoms with van der Waals surface area (Å²) in [6.45, 7) is 11.6. The van der Waals surface area contributed by atoms with Crippen molar-refractivity contribution in [3.8, 4) is 0 Å². The minimum atomic E-state index is -1.72. The number of ether oxygens (including phenoxy) is 2. The van der Waals surface area contributed by atoms with Crippen molar-refractivity contribution in [3.63, 3.8) is 0 Å². The smallest absolute Gasteiger partial charge is 0.315 e. The van der Waals surface area contributed by atoms with E-state index in [1.165, 1.54) is 0 Å². The summed E-state index contributed by atoms with van der Waals surface area (Å²) in [6.07, 6.45) is -2.75. The molecule has 6 rings (SSSR count). The highest BCUT2D eigenvalue weighted by atomic mass is 16.7. The molecular formula is C36H58O11. The van der Waals surface area contributed by atoms with E-state index < -0.39 is 83.3 Å². The van der Waals surface area contributed by atoms with Crippen LogP contribution in [0.4, 0.5) is 0 Å². The van der Waals surface area contributed by atoms with Crippen molar-refractivity contribution >= 4 is 5.97 Å². The second-order valence-electron chi connectivity index (χ2n) is 17.5. The van der Waals surface area contributed by atoms with Crippen molar-refractivity contribution in [2.45, 2.75) is 141 Å². The summed E-state index contributed by atoms with van der Waals surface area (Å²) in [7, 11) is 0. The van der Waals surface area contributed by atoms with E-state index in [4.69, 9.17) is 9.47 Å². The fourth-order valence-electron chi connectivity index (χ4n) is 12.4. The number of esters is 1. The van der Waals surface area contributed by atoms with Gasteiger partial charge in [-0.3, -0.25) is 4.79 Å². The van der Waals surface area contributed by atoms with E-state index in [-0.39, 0.29) is 35.2 Å². The van der Waals surface area contributed by atoms with E-state index in [1.54, 1.807) is 0 Å². The van der Waals surface area contributed by atoms with Gasteiger partial charge >= 0.3 is 5.97 Å². The molecule has 0 amide bonds. The summed E-state index contributed by atoms with van der Waals surface area (Å²) >= 11 is 0. The standard InChI is InChI=1S/C36H58O11/c1-18-9-12-36(30(44)47-29-26(42)25(41)24(40)21(16-37)46-29)14-13-33(4)19(27(36)35(18,6)45)7-8-23-31(2)15-20(39)28(43)32(3,17-38)22(31)10-11-34(23,33)5/h7,18,20-29,37-43,45H,8-17H2,1-6H3/t18-,20+,21-,22-,23-,24-,25+,26-,27+,28+,29+,31-,32-,33-,34+,35+,36+/m1/s1. The first-order valence-corrected chi connectivity index (χ1v) is 17.7. The van der Waals surface area contributed by atoms with Crippen LogP contribution in [-0.4, -0.2) is 109 Å². The third-order valence-corrected chi connectivity index (χ3v) is 15.6. The van der Waals surface area contributed by atoms with Gasteiger partial charge in [0, 0.05) is 11.3 Å². The summed E-state index contributed by atoms with van der Waals surface area (Å²) in [6, 6.07) is 0. The maximum absolute atomic E-state index is 14.5. The molecule has 268 valence electrons. The average molecular weight is 667 g/mol. The van der Waals surface area contributed by atoms with Crippen LogP contribution in [0.2, 0.25) is 0 Å². The van der Waals surface area contributed by atoms with Gasteiger partial charge in [-0.2, -0.15) is 0 Å². The Labute approximate surface area is 278 Å². The molecule has 5 aliphatic carbocycles. The Kier molecular flexibility index (Phi) is 8.68. The molecule has 4 saturated carbocycles. The average Bonchev–Trinajstić information content (AvgIpc) is 3.02. The van der Waals surface area contributed by atoms with E-state index in [0.29, 0.717) is 38.5 Å². The molecule has 11 nitrogen and oxygen atoms in total. The first-order valence-electron chi connectivity index (χ1n) is 17.7. The van der Waals surface area contributed by atoms with Gasteiger partial charge in [-0.1, -0.05) is 46.3 Å². The second-order valence-corrected chi connectivity index (χ2v) is 17.5. The molecule has 11 heteroatoms. The molecule has 0 aromatic heterocycles. The molecule has 6 aliphatic rings. The maximum Gasteiger partial charge on any atom is 0.315 e. The van der Waals surface area contributed by atoms with Gasteiger partial charge in [-0.05, 0) is 92.3 Å². The molecular weight excluding hydrogens is 608 g/mol. The van der Waals surface area contributed by atoms with Crippen LogP contribution in [-0.2, 0) is 14.3 Å². The fourth-order valence-corrected chi connectivity index (χ4v) is 12.4. The summed E-state index contributed by atoms with van der Waals surface area (Å²) in [4.78, 5) is 14.5. The van der Waals surface area contributed by atoms with Crippen LogP contribution >= 0.6 is 0 Å². The van der Waals surface area contributed by atoms with Crippen LogP contribution in [0.25, 0.3) is 0 Å². The summed E-state index contributed by atoms with van der Waals surface area (Å²) in [5, 5.41) is 86.2. The Bertz CT molecular complexity index is 1270. The predicted molar refractivity (Wildman–Crippen MR) is 169 cm³/mol. The Morgan fingerprint density at radius 1 is 0.915 bits per heavy atom. The first-order chi connectivity index (χ1) is 21.8. The van der Waals surface area contributed by atoms with Gasteiger partial charge in [-0.15, -0.1) is 0 Å². The van der Waals surface area contributed by atoms with Crippen molar-refractivity contribution in [1.82, 2.24) is 0 Å². The fraction of sp³-hybridized carbons (Fsp3) is 0.917. The van der Waals surface area contributed by atoms with Crippen molar-refractivity contribution in [2.24, 2.45) is 50.7 Å². The molecule has 0 aromatic carbocycles. The van der Waals surface area contributed by atoms with E-state index in [0.717, 1.165) is 18.4 Å². The number of allylic oxidation sites excluding steroid dienone is 1. The minimum absolute atomic E-state index is 0.00373. The zero-order chi connectivity index (χ0) is 34.7. The topological polar surface area (TPSA) is 197 Å². The summed E-state index contributed by atoms with van der Waals surface area (Å²) in [5.74, 6) is -1.23. The SMILES string of the molecule is C[C@@H]1CC[C@]2(C(=O)O[C@@H]3O[C@H](CO)[C@@H](O)[C@H](O)[C@H]3O)CC[C@]3(C)C(=CC[C@@H]4[C@]5(C)C[C@H](O)[C@H](O)[C@](C)(CO)[C@@H]5CC[C@@]43C)[C@H]2[C@@]1(C)O. The van der Waals surface area contributed by atoms with Gasteiger partial charge in [-0.25, -0.2) is 0 Å². The van der Waals surface area contributed by atoms with Gasteiger partial charge in [0.2, 0.25) is 6.29 Å². The molecule has 0 spiro atoms. The van der Waals surface area contributed by atoms with Crippen molar-refractivity contribution in [1.29, 1.82) is 0 Å². The lowest BCUT2D eigenvalue weighted by molar-refractivity contribution is -0.299. The molecule has 0 aromatic rings. The number of hydrogen-bond donors (Lipinski definition) is 8. The Hall–Kier alpha value is -1.15. The largest absolute Gasteiger partial charge is 0.432 e. The zero-order valence-electron chi connectivity index (χ0n) is 28.8. The molecule has 0 radical (unpaired) electrons. The number of aliphatic hydroxyl groups is 8. The van der Waals surface area contributed by atoms with Crippen LogP contribution in [0.5, 0.6) is 0 Å². The third kappa shape index (κ3) is 4.60. The quantitative estimate of drug-likeness (QED) is 0.160. The zero-order valence-corrected chi connectivity index (χ0v) is 28.8. The minimum Gasteiger partial charge on any atom is -0.432 e. The Morgan fingerprint density at radius 3 is 2.23 bits per heavy atom. The number of carbonyl (C=O) groups excluding carboxylic acids is 1. The molecule has 1 aliphatic heterocycles. The van der Waals surface area contributed by atoms with Crippen LogP contribution < -0.4 is 0 Å². The van der Waals surface area contributed by atoms with E-state index in [2.05, 4.69) is 26.8 Å². The van der Waals surface area contributed by atoms with Gasteiger partial charge < -0.3 is 50.3 Å². The molecule has 1 heterocycles. The van der Waals surface area contributed by atoms with E-state index >= 15 is 0 Å². The van der Waals surface area contributed by atoms with Gasteiger partial charge in [0.1, 0.15) is 24.4 Å². The van der Waals surface area contributed by atoms with Gasteiger partial charge in [0.05, 0.1) is 36.4 Å². The lowest BCUT2D eigenvalue weighted by Crippen LogP contribution is -2.69. The lowest BCUT2D eigenvalue weighted by Gasteiger charge is -2.72. The highest BCUT2D eigenvalue weighted by Crippen LogP contribution is 2.76. The molecule has 1 saturated heterocycles. The molecule has 0 unspecified atom stereocenters. The highest BCUT2D eigenvalue weighted by Gasteiger charge is 2.72. The normalized spacial score (nSPS) is 57.5. The van der Waals surface area contributed by atoms with E-state index in [9.17, 15) is 45.6 Å². The Morgan fingerprint density at radius 2 is 1.60 bits per heavy atom. The van der Waals surface area contributed by atoms with Gasteiger partial charge in [0.15, 0.2) is 0 Å². The molecule has 5 fully saturated rings. The monoisotopic (exact) mass is 666 g/mol. The lowest BCUT2D eigenvalue weighted by atomic mass is 9.33. The maximum atomic E-state index is 14.5. The predicted octanol–water partition coefficient (Wildman–Crippen LogP) is 1.41. The van der Waals surface area contributed by atoms with Crippen molar-refractivity contribution < 1.29 is 55.1 Å². The van der Waals surface area contributed by atoms with Crippen LogP contribution in [0.15, 0.2) is 11.6 Å². The van der Waals surface area contributed by atoms with E-state index in [1.807, 2.05) is 20.8 Å². The number of rotatable bonds is 4. The first kappa shape index (κ1) is 35.7. The summed E-state index contributed by atoms with van der Waals surface area (Å²) in [5.41, 5.74) is -3.27. The molecule has 17 atom stereocenters. The molecule has 0 bridgehead atoms. The van der Waals surface area contributed by atoms with Gasteiger partial charge in [0.25, 0.3) is 0 Å². The van der Waals surface area contributed by atoms with Crippen molar-refractivity contribution in [2.75, 3.05) is 13.2 Å². The summed E-state index contributed by atoms with van der Waals surface area (Å²) < 4.78 is 11.4. The Balaban J connectivity index is 1.40.